The molecule has 28 heavy (non-hydrogen) atoms. The first-order chi connectivity index (χ1) is 13.4. The number of carbonyl (C=O) groups is 2. The molecule has 2 rings (SSSR count). The maximum absolute atomic E-state index is 12.9. The number of para-hydroxylation sites is 1. The Bertz CT molecular complexity index is 810. The quantitative estimate of drug-likeness (QED) is 0.690. The summed E-state index contributed by atoms with van der Waals surface area (Å²) in [5.74, 6) is 0.178. The minimum Gasteiger partial charge on any atom is -0.484 e. The van der Waals surface area contributed by atoms with E-state index in [0.29, 0.717) is 17.3 Å². The van der Waals surface area contributed by atoms with E-state index in [9.17, 15) is 9.59 Å². The number of halogens is 1. The Hall–Kier alpha value is -2.53. The minimum absolute atomic E-state index is 0.152. The number of hydrogen-bond donors (Lipinski definition) is 1. The maximum Gasteiger partial charge on any atom is 0.261 e. The fourth-order valence-electron chi connectivity index (χ4n) is 2.73. The van der Waals surface area contributed by atoms with Crippen LogP contribution in [0.2, 0.25) is 5.02 Å². The van der Waals surface area contributed by atoms with E-state index in [-0.39, 0.29) is 25.0 Å². The molecule has 0 spiro atoms. The maximum atomic E-state index is 12.9. The summed E-state index contributed by atoms with van der Waals surface area (Å²) in [7, 11) is 0. The number of aryl methyl sites for hydroxylation is 1. The first-order valence-electron chi connectivity index (χ1n) is 9.43. The zero-order valence-electron chi connectivity index (χ0n) is 16.6. The molecule has 1 N–H and O–H groups in total. The zero-order valence-corrected chi connectivity index (χ0v) is 17.3. The van der Waals surface area contributed by atoms with Crippen molar-refractivity contribution in [3.8, 4) is 5.75 Å². The third-order valence-electron chi connectivity index (χ3n) is 4.46. The number of rotatable bonds is 9. The van der Waals surface area contributed by atoms with E-state index in [1.54, 1.807) is 13.0 Å². The molecule has 0 fully saturated rings. The van der Waals surface area contributed by atoms with Gasteiger partial charge in [0.2, 0.25) is 5.91 Å². The first-order valence-corrected chi connectivity index (χ1v) is 9.80. The van der Waals surface area contributed by atoms with Crippen molar-refractivity contribution < 1.29 is 14.3 Å². The molecule has 1 atom stereocenters. The van der Waals surface area contributed by atoms with Gasteiger partial charge in [-0.3, -0.25) is 9.59 Å². The second-order valence-electron chi connectivity index (χ2n) is 6.63. The van der Waals surface area contributed by atoms with Crippen LogP contribution in [0, 0.1) is 6.92 Å². The summed E-state index contributed by atoms with van der Waals surface area (Å²) in [5, 5.41) is 3.40. The van der Waals surface area contributed by atoms with E-state index in [4.69, 9.17) is 16.3 Å². The van der Waals surface area contributed by atoms with E-state index in [1.165, 1.54) is 4.90 Å². The Balaban J connectivity index is 2.16. The average molecular weight is 403 g/mol. The number of nitrogens with zero attached hydrogens (tertiary/aromatic N) is 1. The van der Waals surface area contributed by atoms with Gasteiger partial charge in [0.1, 0.15) is 11.8 Å². The van der Waals surface area contributed by atoms with Gasteiger partial charge in [-0.1, -0.05) is 54.9 Å². The van der Waals surface area contributed by atoms with Gasteiger partial charge in [0.05, 0.1) is 0 Å². The van der Waals surface area contributed by atoms with Gasteiger partial charge >= 0.3 is 0 Å². The summed E-state index contributed by atoms with van der Waals surface area (Å²) in [6.45, 7) is 6.26. The molecule has 2 aromatic carbocycles. The van der Waals surface area contributed by atoms with Crippen LogP contribution >= 0.6 is 11.6 Å². The molecule has 0 aromatic heterocycles. The first kappa shape index (κ1) is 21.8. The normalized spacial score (nSPS) is 11.6. The van der Waals surface area contributed by atoms with Crippen molar-refractivity contribution in [3.63, 3.8) is 0 Å². The predicted octanol–water partition coefficient (Wildman–Crippen LogP) is 3.97. The molecule has 0 aliphatic carbocycles. The van der Waals surface area contributed by atoms with Crippen molar-refractivity contribution >= 4 is 23.4 Å². The van der Waals surface area contributed by atoms with Crippen molar-refractivity contribution in [1.82, 2.24) is 10.2 Å². The lowest BCUT2D eigenvalue weighted by atomic mass is 10.1. The largest absolute Gasteiger partial charge is 0.484 e. The van der Waals surface area contributed by atoms with Crippen LogP contribution in [0.15, 0.2) is 48.5 Å². The van der Waals surface area contributed by atoms with Crippen LogP contribution in [0.5, 0.6) is 5.75 Å². The third kappa shape index (κ3) is 5.99. The SMILES string of the molecule is CCCNC(=O)C(C)N(Cc1ccccc1Cl)C(=O)COc1ccccc1C. The van der Waals surface area contributed by atoms with E-state index in [2.05, 4.69) is 5.32 Å². The van der Waals surface area contributed by atoms with Crippen molar-refractivity contribution in [1.29, 1.82) is 0 Å². The van der Waals surface area contributed by atoms with Crippen LogP contribution in [0.25, 0.3) is 0 Å². The fourth-order valence-corrected chi connectivity index (χ4v) is 2.92. The average Bonchev–Trinajstić information content (AvgIpc) is 2.70. The van der Waals surface area contributed by atoms with Gasteiger partial charge in [0.15, 0.2) is 6.61 Å². The van der Waals surface area contributed by atoms with Crippen molar-refractivity contribution in [3.05, 3.63) is 64.7 Å². The molecule has 0 radical (unpaired) electrons. The molecule has 0 saturated heterocycles. The lowest BCUT2D eigenvalue weighted by molar-refractivity contribution is -0.142. The van der Waals surface area contributed by atoms with E-state index >= 15 is 0 Å². The fraction of sp³-hybridized carbons (Fsp3) is 0.364. The molecule has 1 unspecified atom stereocenters. The van der Waals surface area contributed by atoms with Gasteiger partial charge in [-0.15, -0.1) is 0 Å². The molecule has 0 saturated carbocycles. The highest BCUT2D eigenvalue weighted by molar-refractivity contribution is 6.31. The summed E-state index contributed by atoms with van der Waals surface area (Å²) >= 11 is 6.26. The molecular formula is C22H27ClN2O3. The Morgan fingerprint density at radius 1 is 1.14 bits per heavy atom. The smallest absolute Gasteiger partial charge is 0.261 e. The molecule has 0 aliphatic heterocycles. The summed E-state index contributed by atoms with van der Waals surface area (Å²) in [6, 6.07) is 14.2. The Kier molecular flexibility index (Phi) is 8.33. The number of carbonyl (C=O) groups excluding carboxylic acids is 2. The Morgan fingerprint density at radius 2 is 1.82 bits per heavy atom. The molecule has 0 heterocycles. The van der Waals surface area contributed by atoms with Crippen molar-refractivity contribution in [2.45, 2.75) is 39.8 Å². The van der Waals surface area contributed by atoms with Gasteiger partial charge in [-0.25, -0.2) is 0 Å². The second kappa shape index (κ2) is 10.7. The number of ether oxygens (including phenoxy) is 1. The number of hydrogen-bond acceptors (Lipinski definition) is 3. The summed E-state index contributed by atoms with van der Waals surface area (Å²) < 4.78 is 5.70. The Morgan fingerprint density at radius 3 is 2.50 bits per heavy atom. The highest BCUT2D eigenvalue weighted by atomic mass is 35.5. The molecule has 2 amide bonds. The summed E-state index contributed by atoms with van der Waals surface area (Å²) in [6.07, 6.45) is 0.827. The van der Waals surface area contributed by atoms with Gasteiger partial charge in [-0.2, -0.15) is 0 Å². The third-order valence-corrected chi connectivity index (χ3v) is 4.83. The molecule has 0 aliphatic rings. The molecule has 5 nitrogen and oxygen atoms in total. The van der Waals surface area contributed by atoms with Gasteiger partial charge < -0.3 is 15.0 Å². The topological polar surface area (TPSA) is 58.6 Å². The molecule has 0 bridgehead atoms. The second-order valence-corrected chi connectivity index (χ2v) is 7.04. The summed E-state index contributed by atoms with van der Waals surface area (Å²) in [4.78, 5) is 26.9. The van der Waals surface area contributed by atoms with E-state index in [0.717, 1.165) is 17.5 Å². The van der Waals surface area contributed by atoms with Crippen LogP contribution in [-0.4, -0.2) is 35.9 Å². The monoisotopic (exact) mass is 402 g/mol. The predicted molar refractivity (Wildman–Crippen MR) is 111 cm³/mol. The van der Waals surface area contributed by atoms with Crippen LogP contribution in [0.4, 0.5) is 0 Å². The molecule has 2 aromatic rings. The lowest BCUT2D eigenvalue weighted by Gasteiger charge is -2.29. The van der Waals surface area contributed by atoms with Crippen molar-refractivity contribution in [2.75, 3.05) is 13.2 Å². The zero-order chi connectivity index (χ0) is 20.5. The molecule has 6 heteroatoms. The van der Waals surface area contributed by atoms with Crippen LogP contribution < -0.4 is 10.1 Å². The lowest BCUT2D eigenvalue weighted by Crippen LogP contribution is -2.49. The highest BCUT2D eigenvalue weighted by Gasteiger charge is 2.27. The number of amides is 2. The van der Waals surface area contributed by atoms with Gasteiger partial charge in [-0.05, 0) is 43.5 Å². The molecular weight excluding hydrogens is 376 g/mol. The van der Waals surface area contributed by atoms with Gasteiger partial charge in [0, 0.05) is 18.1 Å². The van der Waals surface area contributed by atoms with Gasteiger partial charge in [0.25, 0.3) is 5.91 Å². The van der Waals surface area contributed by atoms with E-state index < -0.39 is 6.04 Å². The number of nitrogens with one attached hydrogen (secondary N) is 1. The summed E-state index contributed by atoms with van der Waals surface area (Å²) in [5.41, 5.74) is 1.73. The van der Waals surface area contributed by atoms with Crippen LogP contribution in [0.1, 0.15) is 31.4 Å². The number of benzene rings is 2. The Labute approximate surface area is 171 Å². The standard InChI is InChI=1S/C22H27ClN2O3/c1-4-13-24-22(27)17(3)25(14-18-10-6-7-11-19(18)23)21(26)15-28-20-12-8-5-9-16(20)2/h5-12,17H,4,13-15H2,1-3H3,(H,24,27). The van der Waals surface area contributed by atoms with Crippen LogP contribution in [0.3, 0.4) is 0 Å². The van der Waals surface area contributed by atoms with Crippen LogP contribution in [-0.2, 0) is 16.1 Å². The molecule has 150 valence electrons. The van der Waals surface area contributed by atoms with Crippen molar-refractivity contribution in [2.24, 2.45) is 0 Å². The minimum atomic E-state index is -0.643. The van der Waals surface area contributed by atoms with E-state index in [1.807, 2.05) is 56.3 Å². The highest BCUT2D eigenvalue weighted by Crippen LogP contribution is 2.20.